The van der Waals surface area contributed by atoms with Gasteiger partial charge in [0.05, 0.1) is 12.6 Å². The van der Waals surface area contributed by atoms with Crippen LogP contribution in [0.3, 0.4) is 0 Å². The zero-order valence-electron chi connectivity index (χ0n) is 13.6. The van der Waals surface area contributed by atoms with Crippen LogP contribution in [0, 0.1) is 10.7 Å². The Labute approximate surface area is 136 Å². The van der Waals surface area contributed by atoms with Crippen molar-refractivity contribution in [3.63, 3.8) is 0 Å². The normalized spacial score (nSPS) is 23.2. The van der Waals surface area contributed by atoms with Crippen LogP contribution in [0.5, 0.6) is 0 Å². The number of rotatable bonds is 6. The van der Waals surface area contributed by atoms with Crippen molar-refractivity contribution in [2.45, 2.75) is 64.7 Å². The summed E-state index contributed by atoms with van der Waals surface area (Å²) in [4.78, 5) is 12.3. The number of aromatic amines is 1. The number of nitrogens with one attached hydrogen (secondary N) is 2. The Morgan fingerprint density at radius 2 is 2.36 bits per heavy atom. The Morgan fingerprint density at radius 3 is 2.95 bits per heavy atom. The van der Waals surface area contributed by atoms with E-state index in [2.05, 4.69) is 22.4 Å². The molecule has 1 aliphatic carbocycles. The van der Waals surface area contributed by atoms with Gasteiger partial charge in [0.1, 0.15) is 6.10 Å². The highest BCUT2D eigenvalue weighted by Crippen LogP contribution is 2.26. The van der Waals surface area contributed by atoms with Crippen LogP contribution >= 0.6 is 12.2 Å². The van der Waals surface area contributed by atoms with E-state index in [1.807, 2.05) is 14.0 Å². The van der Waals surface area contributed by atoms with Gasteiger partial charge in [0.2, 0.25) is 5.91 Å². The molecule has 6 nitrogen and oxygen atoms in total. The number of hydrogen-bond donors (Lipinski definition) is 2. The highest BCUT2D eigenvalue weighted by molar-refractivity contribution is 7.71. The van der Waals surface area contributed by atoms with Gasteiger partial charge in [0, 0.05) is 7.05 Å². The van der Waals surface area contributed by atoms with E-state index >= 15 is 0 Å². The molecular formula is C15H26N4O2S. The number of hydrogen-bond acceptors (Lipinski definition) is 4. The van der Waals surface area contributed by atoms with E-state index in [1.54, 1.807) is 4.57 Å². The fourth-order valence-corrected chi connectivity index (χ4v) is 3.05. The molecule has 1 saturated carbocycles. The van der Waals surface area contributed by atoms with E-state index in [1.165, 1.54) is 12.8 Å². The van der Waals surface area contributed by atoms with Gasteiger partial charge in [-0.05, 0) is 37.4 Å². The van der Waals surface area contributed by atoms with E-state index in [0.29, 0.717) is 29.5 Å². The number of nitrogens with zero attached hydrogens (tertiary/aromatic N) is 2. The Hall–Kier alpha value is -1.21. The average molecular weight is 326 g/mol. The van der Waals surface area contributed by atoms with Gasteiger partial charge in [-0.3, -0.25) is 9.89 Å². The molecule has 1 fully saturated rings. The van der Waals surface area contributed by atoms with Gasteiger partial charge in [-0.25, -0.2) is 0 Å². The van der Waals surface area contributed by atoms with Gasteiger partial charge >= 0.3 is 0 Å². The van der Waals surface area contributed by atoms with Gasteiger partial charge in [-0.1, -0.05) is 26.7 Å². The summed E-state index contributed by atoms with van der Waals surface area (Å²) < 4.78 is 8.32. The van der Waals surface area contributed by atoms with E-state index in [9.17, 15) is 4.79 Å². The summed E-state index contributed by atoms with van der Waals surface area (Å²) in [7, 11) is 1.82. The van der Waals surface area contributed by atoms with E-state index in [0.717, 1.165) is 12.8 Å². The first-order chi connectivity index (χ1) is 10.5. The number of H-pyrrole nitrogens is 1. The predicted octanol–water partition coefficient (Wildman–Crippen LogP) is 2.47. The van der Waals surface area contributed by atoms with Crippen LogP contribution in [0.15, 0.2) is 0 Å². The minimum Gasteiger partial charge on any atom is -0.365 e. The second-order valence-corrected chi connectivity index (χ2v) is 6.54. The molecule has 1 aromatic rings. The molecule has 2 N–H and O–H groups in total. The third-order valence-electron chi connectivity index (χ3n) is 4.30. The van der Waals surface area contributed by atoms with Crippen molar-refractivity contribution in [1.29, 1.82) is 0 Å². The Bertz CT molecular complexity index is 554. The van der Waals surface area contributed by atoms with Crippen LogP contribution in [0.1, 0.15) is 51.8 Å². The maximum atomic E-state index is 12.3. The summed E-state index contributed by atoms with van der Waals surface area (Å²) in [6.07, 6.45) is 5.06. The molecule has 124 valence electrons. The zero-order valence-corrected chi connectivity index (χ0v) is 14.4. The van der Waals surface area contributed by atoms with Crippen molar-refractivity contribution in [1.82, 2.24) is 20.1 Å². The van der Waals surface area contributed by atoms with Crippen molar-refractivity contribution in [3.05, 3.63) is 10.6 Å². The van der Waals surface area contributed by atoms with Gasteiger partial charge < -0.3 is 14.6 Å². The number of amides is 1. The van der Waals surface area contributed by atoms with Crippen LogP contribution in [0.2, 0.25) is 0 Å². The van der Waals surface area contributed by atoms with Gasteiger partial charge in [0.15, 0.2) is 10.6 Å². The summed E-state index contributed by atoms with van der Waals surface area (Å²) in [6.45, 7) is 4.58. The third-order valence-corrected chi connectivity index (χ3v) is 4.67. The summed E-state index contributed by atoms with van der Waals surface area (Å²) in [5.41, 5.74) is 0. The number of aromatic nitrogens is 3. The van der Waals surface area contributed by atoms with E-state index in [-0.39, 0.29) is 18.1 Å². The molecule has 0 radical (unpaired) electrons. The SMILES string of the molecule is CC[C@H](O[C@@H]1CCC[C@@H](C)C1)C(=O)NCc1n[nH]c(=S)n1C. The molecule has 0 bridgehead atoms. The molecule has 0 aliphatic heterocycles. The standard InChI is InChI=1S/C15H26N4O2S/c1-4-12(21-11-7-5-6-10(2)8-11)14(20)16-9-13-17-18-15(22)19(13)3/h10-12H,4-9H2,1-3H3,(H,16,20)(H,18,22)/t10-,11-,12+/m1/s1. The second kappa shape index (κ2) is 7.87. The lowest BCUT2D eigenvalue weighted by molar-refractivity contribution is -0.139. The first-order valence-corrected chi connectivity index (χ1v) is 8.45. The fourth-order valence-electron chi connectivity index (χ4n) is 2.90. The smallest absolute Gasteiger partial charge is 0.249 e. The first kappa shape index (κ1) is 17.1. The van der Waals surface area contributed by atoms with Crippen LogP contribution in [0.4, 0.5) is 0 Å². The molecule has 1 amide bonds. The van der Waals surface area contributed by atoms with Crippen LogP contribution < -0.4 is 5.32 Å². The highest BCUT2D eigenvalue weighted by Gasteiger charge is 2.25. The minimum atomic E-state index is -0.387. The van der Waals surface area contributed by atoms with Crippen LogP contribution in [-0.2, 0) is 23.1 Å². The number of ether oxygens (including phenoxy) is 1. The molecule has 0 spiro atoms. The minimum absolute atomic E-state index is 0.0744. The van der Waals surface area contributed by atoms with E-state index in [4.69, 9.17) is 17.0 Å². The van der Waals surface area contributed by atoms with Gasteiger partial charge in [-0.2, -0.15) is 5.10 Å². The largest absolute Gasteiger partial charge is 0.365 e. The van der Waals surface area contributed by atoms with Crippen molar-refractivity contribution in [3.8, 4) is 0 Å². The average Bonchev–Trinajstić information content (AvgIpc) is 2.82. The topological polar surface area (TPSA) is 71.9 Å². The quantitative estimate of drug-likeness (QED) is 0.788. The lowest BCUT2D eigenvalue weighted by Crippen LogP contribution is -2.39. The molecule has 7 heteroatoms. The van der Waals surface area contributed by atoms with Crippen molar-refractivity contribution in [2.75, 3.05) is 0 Å². The Balaban J connectivity index is 1.86. The summed E-state index contributed by atoms with van der Waals surface area (Å²) in [5.74, 6) is 1.32. The van der Waals surface area contributed by atoms with Crippen LogP contribution in [-0.4, -0.2) is 32.9 Å². The molecule has 22 heavy (non-hydrogen) atoms. The lowest BCUT2D eigenvalue weighted by atomic mass is 9.88. The van der Waals surface area contributed by atoms with E-state index < -0.39 is 0 Å². The van der Waals surface area contributed by atoms with Crippen molar-refractivity contribution < 1.29 is 9.53 Å². The van der Waals surface area contributed by atoms with Crippen LogP contribution in [0.25, 0.3) is 0 Å². The molecule has 0 saturated heterocycles. The predicted molar refractivity (Wildman–Crippen MR) is 86.8 cm³/mol. The molecule has 1 aliphatic rings. The van der Waals surface area contributed by atoms with Crippen molar-refractivity contribution >= 4 is 18.1 Å². The molecule has 2 rings (SSSR count). The first-order valence-electron chi connectivity index (χ1n) is 8.04. The maximum absolute atomic E-state index is 12.3. The monoisotopic (exact) mass is 326 g/mol. The molecule has 1 heterocycles. The maximum Gasteiger partial charge on any atom is 0.249 e. The van der Waals surface area contributed by atoms with Gasteiger partial charge in [-0.15, -0.1) is 0 Å². The summed E-state index contributed by atoms with van der Waals surface area (Å²) in [5, 5.41) is 9.69. The number of carbonyl (C=O) groups is 1. The number of carbonyl (C=O) groups excluding carboxylic acids is 1. The molecule has 1 aromatic heterocycles. The fraction of sp³-hybridized carbons (Fsp3) is 0.800. The summed E-state index contributed by atoms with van der Waals surface area (Å²) >= 11 is 5.06. The third kappa shape index (κ3) is 4.39. The molecule has 3 atom stereocenters. The Kier molecular flexibility index (Phi) is 6.14. The lowest BCUT2D eigenvalue weighted by Gasteiger charge is -2.29. The highest BCUT2D eigenvalue weighted by atomic mass is 32.1. The molecule has 0 aromatic carbocycles. The molecule has 0 unspecified atom stereocenters. The summed E-state index contributed by atoms with van der Waals surface area (Å²) in [6, 6.07) is 0. The zero-order chi connectivity index (χ0) is 16.1. The van der Waals surface area contributed by atoms with Crippen molar-refractivity contribution in [2.24, 2.45) is 13.0 Å². The molecular weight excluding hydrogens is 300 g/mol. The second-order valence-electron chi connectivity index (χ2n) is 6.15. The Morgan fingerprint density at radius 1 is 1.59 bits per heavy atom. The van der Waals surface area contributed by atoms with Gasteiger partial charge in [0.25, 0.3) is 0 Å².